The number of carbonyl (C=O) groups excluding carboxylic acids is 3. The second-order valence-corrected chi connectivity index (χ2v) is 7.72. The maximum Gasteiger partial charge on any atom is 0.226 e. The van der Waals surface area contributed by atoms with Gasteiger partial charge in [-0.3, -0.25) is 14.4 Å². The second kappa shape index (κ2) is 13.0. The van der Waals surface area contributed by atoms with E-state index in [1.54, 1.807) is 13.8 Å². The highest BCUT2D eigenvalue weighted by molar-refractivity contribution is 5.93. The molecule has 0 fully saturated rings. The van der Waals surface area contributed by atoms with Gasteiger partial charge in [0.05, 0.1) is 18.1 Å². The molecule has 0 bridgehead atoms. The van der Waals surface area contributed by atoms with Crippen LogP contribution in [-0.2, 0) is 14.4 Å². The van der Waals surface area contributed by atoms with Gasteiger partial charge in [-0.2, -0.15) is 0 Å². The van der Waals surface area contributed by atoms with E-state index in [0.29, 0.717) is 12.3 Å². The number of carbonyl (C=O) groups is 3. The maximum atomic E-state index is 12.7. The predicted molar refractivity (Wildman–Crippen MR) is 107 cm³/mol. The van der Waals surface area contributed by atoms with E-state index in [2.05, 4.69) is 19.2 Å². The molecule has 0 saturated carbocycles. The molecule has 0 saturated heterocycles. The van der Waals surface area contributed by atoms with Crippen molar-refractivity contribution in [1.82, 2.24) is 5.32 Å². The van der Waals surface area contributed by atoms with Crippen LogP contribution in [0.2, 0.25) is 0 Å². The van der Waals surface area contributed by atoms with Crippen LogP contribution in [0, 0.1) is 23.7 Å². The molecule has 1 unspecified atom stereocenters. The lowest BCUT2D eigenvalue weighted by Gasteiger charge is -2.25. The molecule has 7 heteroatoms. The van der Waals surface area contributed by atoms with E-state index in [1.165, 1.54) is 6.92 Å². The van der Waals surface area contributed by atoms with Crippen molar-refractivity contribution in [3.8, 4) is 0 Å². The van der Waals surface area contributed by atoms with Crippen molar-refractivity contribution in [3.05, 3.63) is 0 Å². The maximum absolute atomic E-state index is 12.7. The molecule has 0 rings (SSSR count). The van der Waals surface area contributed by atoms with Gasteiger partial charge >= 0.3 is 0 Å². The van der Waals surface area contributed by atoms with Crippen molar-refractivity contribution in [2.45, 2.75) is 72.4 Å². The molecule has 0 aromatic heterocycles. The van der Waals surface area contributed by atoms with Gasteiger partial charge in [-0.1, -0.05) is 40.5 Å². The van der Waals surface area contributed by atoms with Crippen LogP contribution in [0.15, 0.2) is 0 Å². The lowest BCUT2D eigenvalue weighted by molar-refractivity contribution is -0.136. The first-order chi connectivity index (χ1) is 12.6. The Hall–Kier alpha value is -1.31. The third kappa shape index (κ3) is 8.49. The summed E-state index contributed by atoms with van der Waals surface area (Å²) in [5, 5.41) is 12.6. The number of nitrogens with two attached hydrogens (primary N) is 2. The van der Waals surface area contributed by atoms with Crippen LogP contribution in [0.1, 0.15) is 60.3 Å². The fraction of sp³-hybridized carbons (Fsp3) is 0.850. The van der Waals surface area contributed by atoms with E-state index < -0.39 is 24.0 Å². The van der Waals surface area contributed by atoms with Crippen LogP contribution in [0.4, 0.5) is 0 Å². The summed E-state index contributed by atoms with van der Waals surface area (Å²) in [7, 11) is 0. The third-order valence-electron chi connectivity index (χ3n) is 5.32. The Labute approximate surface area is 163 Å². The number of rotatable bonds is 14. The van der Waals surface area contributed by atoms with Gasteiger partial charge in [-0.25, -0.2) is 0 Å². The minimum atomic E-state index is -1.02. The number of Topliss-reactive ketones (excluding diaryl/α,β-unsaturated/α-hetero) is 2. The van der Waals surface area contributed by atoms with Gasteiger partial charge in [-0.05, 0) is 19.3 Å². The number of aliphatic hydroxyl groups excluding tert-OH is 1. The number of ketones is 2. The van der Waals surface area contributed by atoms with Gasteiger partial charge in [-0.15, -0.1) is 0 Å². The topological polar surface area (TPSA) is 136 Å². The van der Waals surface area contributed by atoms with E-state index >= 15 is 0 Å². The van der Waals surface area contributed by atoms with Crippen molar-refractivity contribution in [2.24, 2.45) is 35.1 Å². The summed E-state index contributed by atoms with van der Waals surface area (Å²) < 4.78 is 0. The zero-order valence-corrected chi connectivity index (χ0v) is 17.5. The summed E-state index contributed by atoms with van der Waals surface area (Å²) in [6, 6.07) is -0.816. The molecule has 0 aliphatic carbocycles. The smallest absolute Gasteiger partial charge is 0.226 e. The molecule has 6 N–H and O–H groups in total. The molecular weight excluding hydrogens is 346 g/mol. The van der Waals surface area contributed by atoms with Gasteiger partial charge < -0.3 is 21.9 Å². The van der Waals surface area contributed by atoms with Gasteiger partial charge in [0, 0.05) is 31.3 Å². The van der Waals surface area contributed by atoms with Crippen LogP contribution in [0.3, 0.4) is 0 Å². The van der Waals surface area contributed by atoms with Gasteiger partial charge in [0.2, 0.25) is 5.91 Å². The molecule has 0 aliphatic heterocycles. The Kier molecular flexibility index (Phi) is 12.3. The number of amides is 1. The summed E-state index contributed by atoms with van der Waals surface area (Å²) in [4.78, 5) is 37.4. The first kappa shape index (κ1) is 25.7. The summed E-state index contributed by atoms with van der Waals surface area (Å²) in [5.41, 5.74) is 11.4. The summed E-state index contributed by atoms with van der Waals surface area (Å²) in [6.45, 7) is 9.29. The highest BCUT2D eigenvalue weighted by atomic mass is 16.3. The highest BCUT2D eigenvalue weighted by Crippen LogP contribution is 2.22. The molecule has 0 aromatic carbocycles. The molecule has 0 heterocycles. The number of aliphatic hydroxyl groups is 1. The van der Waals surface area contributed by atoms with Crippen LogP contribution >= 0.6 is 0 Å². The normalized spacial score (nSPS) is 16.1. The first-order valence-electron chi connectivity index (χ1n) is 10.1. The zero-order valence-electron chi connectivity index (χ0n) is 17.5. The van der Waals surface area contributed by atoms with Crippen molar-refractivity contribution in [3.63, 3.8) is 0 Å². The Balaban J connectivity index is 5.12. The van der Waals surface area contributed by atoms with E-state index in [0.717, 1.165) is 12.8 Å². The third-order valence-corrected chi connectivity index (χ3v) is 5.32. The van der Waals surface area contributed by atoms with Crippen molar-refractivity contribution in [2.75, 3.05) is 13.1 Å². The van der Waals surface area contributed by atoms with Crippen LogP contribution in [0.5, 0.6) is 0 Å². The molecule has 0 radical (unpaired) electrons. The average Bonchev–Trinajstić information content (AvgIpc) is 2.63. The molecule has 27 heavy (non-hydrogen) atoms. The molecule has 158 valence electrons. The largest absolute Gasteiger partial charge is 0.393 e. The minimum Gasteiger partial charge on any atom is -0.393 e. The SMILES string of the molecule is CCC(CC)CC(CN)C(=O)C[C@H](C(=O)N[C@@H](CN)C(=O)C(C)C)[C@H](C)O. The van der Waals surface area contributed by atoms with E-state index in [9.17, 15) is 19.5 Å². The Morgan fingerprint density at radius 2 is 1.56 bits per heavy atom. The van der Waals surface area contributed by atoms with Gasteiger partial charge in [0.25, 0.3) is 0 Å². The van der Waals surface area contributed by atoms with Crippen molar-refractivity contribution < 1.29 is 19.5 Å². The average molecular weight is 386 g/mol. The molecule has 0 aliphatic rings. The molecule has 0 aromatic rings. The van der Waals surface area contributed by atoms with Gasteiger partial charge in [0.1, 0.15) is 5.78 Å². The van der Waals surface area contributed by atoms with Crippen molar-refractivity contribution in [1.29, 1.82) is 0 Å². The van der Waals surface area contributed by atoms with E-state index in [1.807, 2.05) is 0 Å². The fourth-order valence-electron chi connectivity index (χ4n) is 3.18. The Morgan fingerprint density at radius 3 is 1.93 bits per heavy atom. The quantitative estimate of drug-likeness (QED) is 0.352. The molecule has 1 amide bonds. The van der Waals surface area contributed by atoms with E-state index in [4.69, 9.17) is 11.5 Å². The summed E-state index contributed by atoms with van der Waals surface area (Å²) in [6.07, 6.45) is 1.51. The first-order valence-corrected chi connectivity index (χ1v) is 10.1. The highest BCUT2D eigenvalue weighted by Gasteiger charge is 2.32. The standard InChI is InChI=1S/C20H39N3O4/c1-6-14(7-2)8-15(10-21)18(25)9-16(13(5)24)20(27)23-17(11-22)19(26)12(3)4/h12-17,24H,6-11,21-22H2,1-5H3,(H,23,27)/t13-,15?,16-,17-/m0/s1. The van der Waals surface area contributed by atoms with Crippen LogP contribution < -0.4 is 16.8 Å². The van der Waals surface area contributed by atoms with Gasteiger partial charge in [0.15, 0.2) is 5.78 Å². The van der Waals surface area contributed by atoms with E-state index in [-0.39, 0.29) is 42.9 Å². The molecule has 0 spiro atoms. The number of nitrogens with one attached hydrogen (secondary N) is 1. The number of hydrogen-bond acceptors (Lipinski definition) is 6. The van der Waals surface area contributed by atoms with Crippen molar-refractivity contribution >= 4 is 17.5 Å². The molecule has 7 nitrogen and oxygen atoms in total. The number of hydrogen-bond donors (Lipinski definition) is 4. The lowest BCUT2D eigenvalue weighted by Crippen LogP contribution is -2.51. The molecule has 4 atom stereocenters. The summed E-state index contributed by atoms with van der Waals surface area (Å²) >= 11 is 0. The zero-order chi connectivity index (χ0) is 21.1. The summed E-state index contributed by atoms with van der Waals surface area (Å²) in [5.74, 6) is -1.94. The fourth-order valence-corrected chi connectivity index (χ4v) is 3.18. The molecular formula is C20H39N3O4. The second-order valence-electron chi connectivity index (χ2n) is 7.72. The van der Waals surface area contributed by atoms with Crippen LogP contribution in [0.25, 0.3) is 0 Å². The van der Waals surface area contributed by atoms with Crippen LogP contribution in [-0.4, -0.2) is 47.8 Å². The minimum absolute atomic E-state index is 0.0245. The predicted octanol–water partition coefficient (Wildman–Crippen LogP) is 1.01. The Bertz CT molecular complexity index is 476. The lowest BCUT2D eigenvalue weighted by atomic mass is 9.84. The monoisotopic (exact) mass is 385 g/mol. The Morgan fingerprint density at radius 1 is 1.00 bits per heavy atom.